The number of ether oxygens (including phenoxy) is 1. The number of hydrogen-bond acceptors (Lipinski definition) is 3. The lowest BCUT2D eigenvalue weighted by molar-refractivity contribution is -0.139. The zero-order chi connectivity index (χ0) is 13.4. The number of carboxylic acids is 1. The van der Waals surface area contributed by atoms with Crippen LogP contribution >= 0.6 is 0 Å². The molecule has 1 aliphatic rings. The van der Waals surface area contributed by atoms with E-state index in [4.69, 9.17) is 9.84 Å². The van der Waals surface area contributed by atoms with Crippen LogP contribution in [0.25, 0.3) is 10.9 Å². The van der Waals surface area contributed by atoms with Crippen LogP contribution in [0.4, 0.5) is 0 Å². The van der Waals surface area contributed by atoms with Crippen LogP contribution in [0.1, 0.15) is 11.3 Å². The van der Waals surface area contributed by atoms with Gasteiger partial charge in [-0.05, 0) is 11.6 Å². The summed E-state index contributed by atoms with van der Waals surface area (Å²) in [7, 11) is 1.66. The van der Waals surface area contributed by atoms with Gasteiger partial charge in [0.05, 0.1) is 5.52 Å². The van der Waals surface area contributed by atoms with Gasteiger partial charge in [0.15, 0.2) is 0 Å². The van der Waals surface area contributed by atoms with Gasteiger partial charge in [-0.1, -0.05) is 18.2 Å². The van der Waals surface area contributed by atoms with Crippen LogP contribution < -0.4 is 5.32 Å². The lowest BCUT2D eigenvalue weighted by Crippen LogP contribution is -2.42. The van der Waals surface area contributed by atoms with Crippen molar-refractivity contribution < 1.29 is 14.6 Å². The Bertz CT molecular complexity index is 633. The van der Waals surface area contributed by atoms with Gasteiger partial charge < -0.3 is 14.4 Å². The molecule has 0 saturated carbocycles. The summed E-state index contributed by atoms with van der Waals surface area (Å²) >= 11 is 0. The van der Waals surface area contributed by atoms with Gasteiger partial charge in [0.2, 0.25) is 0 Å². The molecule has 100 valence electrons. The summed E-state index contributed by atoms with van der Waals surface area (Å²) in [6, 6.07) is 7.56. The topological polar surface area (TPSA) is 63.5 Å². The number of aromatic nitrogens is 1. The van der Waals surface area contributed by atoms with Crippen molar-refractivity contribution in [2.45, 2.75) is 25.7 Å². The van der Waals surface area contributed by atoms with E-state index < -0.39 is 12.0 Å². The van der Waals surface area contributed by atoms with E-state index in [1.165, 1.54) is 0 Å². The minimum Gasteiger partial charge on any atom is -0.480 e. The van der Waals surface area contributed by atoms with E-state index in [0.717, 1.165) is 22.2 Å². The van der Waals surface area contributed by atoms with Crippen molar-refractivity contribution in [3.63, 3.8) is 0 Å². The Hall–Kier alpha value is -1.85. The Kier molecular flexibility index (Phi) is 3.00. The molecule has 0 spiro atoms. The van der Waals surface area contributed by atoms with Gasteiger partial charge in [0.1, 0.15) is 12.8 Å². The van der Waals surface area contributed by atoms with Gasteiger partial charge in [-0.15, -0.1) is 0 Å². The van der Waals surface area contributed by atoms with E-state index in [9.17, 15) is 4.79 Å². The highest BCUT2D eigenvalue weighted by molar-refractivity contribution is 5.87. The average Bonchev–Trinajstić information content (AvgIpc) is 2.74. The summed E-state index contributed by atoms with van der Waals surface area (Å²) in [5.74, 6) is -0.797. The number of carboxylic acid groups (broad SMARTS) is 1. The van der Waals surface area contributed by atoms with E-state index in [1.807, 2.05) is 24.3 Å². The first-order chi connectivity index (χ1) is 9.22. The molecule has 19 heavy (non-hydrogen) atoms. The molecular formula is C14H16N2O3. The fourth-order valence-electron chi connectivity index (χ4n) is 2.81. The molecule has 0 radical (unpaired) electrons. The molecule has 1 unspecified atom stereocenters. The van der Waals surface area contributed by atoms with E-state index >= 15 is 0 Å². The predicted molar refractivity (Wildman–Crippen MR) is 70.9 cm³/mol. The fourth-order valence-corrected chi connectivity index (χ4v) is 2.81. The van der Waals surface area contributed by atoms with Crippen molar-refractivity contribution >= 4 is 16.9 Å². The fraction of sp³-hybridized carbons (Fsp3) is 0.357. The second-order valence-electron chi connectivity index (χ2n) is 4.76. The molecule has 0 saturated heterocycles. The highest BCUT2D eigenvalue weighted by Gasteiger charge is 2.28. The Labute approximate surface area is 110 Å². The first-order valence-corrected chi connectivity index (χ1v) is 6.26. The number of benzene rings is 1. The molecule has 5 heteroatoms. The zero-order valence-corrected chi connectivity index (χ0v) is 10.7. The van der Waals surface area contributed by atoms with Crippen molar-refractivity contribution in [2.75, 3.05) is 7.11 Å². The molecule has 1 aromatic carbocycles. The minimum atomic E-state index is -0.797. The molecular weight excluding hydrogens is 244 g/mol. The third-order valence-electron chi connectivity index (χ3n) is 3.67. The number of carbonyl (C=O) groups is 1. The number of nitrogens with one attached hydrogen (secondary N) is 1. The monoisotopic (exact) mass is 260 g/mol. The standard InChI is InChI=1S/C14H16N2O3/c1-19-8-16-12-5-3-2-4-9(12)10-6-11(14(17)18)15-7-13(10)16/h2-5,11,15H,6-8H2,1H3,(H,17,18). The van der Waals surface area contributed by atoms with Gasteiger partial charge in [0, 0.05) is 31.2 Å². The number of methoxy groups -OCH3 is 1. The predicted octanol–water partition coefficient (Wildman–Crippen LogP) is 1.34. The number of hydrogen-bond donors (Lipinski definition) is 2. The van der Waals surface area contributed by atoms with Gasteiger partial charge in [-0.2, -0.15) is 0 Å². The zero-order valence-electron chi connectivity index (χ0n) is 10.7. The van der Waals surface area contributed by atoms with Crippen LogP contribution in [0.5, 0.6) is 0 Å². The van der Waals surface area contributed by atoms with Crippen LogP contribution in [0.2, 0.25) is 0 Å². The maximum Gasteiger partial charge on any atom is 0.321 e. The van der Waals surface area contributed by atoms with Crippen LogP contribution in [0.3, 0.4) is 0 Å². The number of para-hydroxylation sites is 1. The summed E-state index contributed by atoms with van der Waals surface area (Å²) in [5, 5.41) is 13.3. The first-order valence-electron chi connectivity index (χ1n) is 6.26. The van der Waals surface area contributed by atoms with Gasteiger partial charge in [0.25, 0.3) is 0 Å². The molecule has 1 aromatic heterocycles. The molecule has 0 aliphatic carbocycles. The summed E-state index contributed by atoms with van der Waals surface area (Å²) in [5.41, 5.74) is 3.35. The molecule has 2 aromatic rings. The van der Waals surface area contributed by atoms with E-state index in [0.29, 0.717) is 19.7 Å². The SMILES string of the molecule is COCn1c2c(c3ccccc31)CC(C(=O)O)NC2. The smallest absolute Gasteiger partial charge is 0.321 e. The van der Waals surface area contributed by atoms with E-state index in [-0.39, 0.29) is 0 Å². The van der Waals surface area contributed by atoms with E-state index in [1.54, 1.807) is 7.11 Å². The maximum absolute atomic E-state index is 11.1. The molecule has 1 atom stereocenters. The quantitative estimate of drug-likeness (QED) is 0.874. The largest absolute Gasteiger partial charge is 0.480 e. The first kappa shape index (κ1) is 12.2. The number of nitrogens with zero attached hydrogens (tertiary/aromatic N) is 1. The molecule has 3 rings (SSSR count). The molecule has 2 heterocycles. The van der Waals surface area contributed by atoms with Gasteiger partial charge in [-0.25, -0.2) is 0 Å². The second kappa shape index (κ2) is 4.68. The highest BCUT2D eigenvalue weighted by atomic mass is 16.5. The van der Waals surface area contributed by atoms with Crippen molar-refractivity contribution in [1.29, 1.82) is 0 Å². The summed E-state index contributed by atoms with van der Waals surface area (Å²) < 4.78 is 7.36. The third kappa shape index (κ3) is 1.91. The van der Waals surface area contributed by atoms with Crippen LogP contribution in [0.15, 0.2) is 24.3 Å². The Morgan fingerprint density at radius 2 is 2.32 bits per heavy atom. The lowest BCUT2D eigenvalue weighted by atomic mass is 9.99. The average molecular weight is 260 g/mol. The minimum absolute atomic E-state index is 0.481. The van der Waals surface area contributed by atoms with Crippen LogP contribution in [-0.4, -0.2) is 28.8 Å². The van der Waals surface area contributed by atoms with E-state index in [2.05, 4.69) is 9.88 Å². The Morgan fingerprint density at radius 3 is 3.05 bits per heavy atom. The molecule has 0 amide bonds. The Balaban J connectivity index is 2.16. The van der Waals surface area contributed by atoms with Crippen LogP contribution in [0, 0.1) is 0 Å². The third-order valence-corrected chi connectivity index (χ3v) is 3.67. The van der Waals surface area contributed by atoms with Gasteiger partial charge >= 0.3 is 5.97 Å². The van der Waals surface area contributed by atoms with Gasteiger partial charge in [-0.3, -0.25) is 10.1 Å². The van der Waals surface area contributed by atoms with Crippen LogP contribution in [-0.2, 0) is 29.2 Å². The van der Waals surface area contributed by atoms with Crippen molar-refractivity contribution in [3.05, 3.63) is 35.5 Å². The van der Waals surface area contributed by atoms with Crippen molar-refractivity contribution in [2.24, 2.45) is 0 Å². The highest BCUT2D eigenvalue weighted by Crippen LogP contribution is 2.29. The Morgan fingerprint density at radius 1 is 1.53 bits per heavy atom. The molecule has 0 fully saturated rings. The molecule has 1 aliphatic heterocycles. The van der Waals surface area contributed by atoms with Crippen molar-refractivity contribution in [1.82, 2.24) is 9.88 Å². The number of rotatable bonds is 3. The number of fused-ring (bicyclic) bond motifs is 3. The lowest BCUT2D eigenvalue weighted by Gasteiger charge is -2.22. The normalized spacial score (nSPS) is 18.5. The molecule has 2 N–H and O–H groups in total. The molecule has 5 nitrogen and oxygen atoms in total. The van der Waals surface area contributed by atoms with Crippen molar-refractivity contribution in [3.8, 4) is 0 Å². The summed E-state index contributed by atoms with van der Waals surface area (Å²) in [6.45, 7) is 1.04. The maximum atomic E-state index is 11.1. The second-order valence-corrected chi connectivity index (χ2v) is 4.76. The number of aliphatic carboxylic acids is 1. The molecule has 0 bridgehead atoms. The summed E-state index contributed by atoms with van der Waals surface area (Å²) in [6.07, 6.45) is 0.516. The summed E-state index contributed by atoms with van der Waals surface area (Å²) in [4.78, 5) is 11.1.